The van der Waals surface area contributed by atoms with E-state index >= 15 is 0 Å². The highest BCUT2D eigenvalue weighted by Crippen LogP contribution is 2.32. The molecule has 2 N–H and O–H groups in total. The lowest BCUT2D eigenvalue weighted by molar-refractivity contribution is -0.122. The molecule has 0 unspecified atom stereocenters. The Labute approximate surface area is 134 Å². The van der Waals surface area contributed by atoms with Gasteiger partial charge in [0.25, 0.3) is 15.9 Å². The van der Waals surface area contributed by atoms with E-state index < -0.39 is 16.1 Å². The van der Waals surface area contributed by atoms with Crippen LogP contribution in [0.4, 0.5) is 11.4 Å². The van der Waals surface area contributed by atoms with Gasteiger partial charge in [0, 0.05) is 0 Å². The van der Waals surface area contributed by atoms with Crippen LogP contribution in [-0.2, 0) is 14.8 Å². The third-order valence-electron chi connectivity index (χ3n) is 3.49. The maximum absolute atomic E-state index is 12.4. The molecule has 2 aromatic rings. The molecule has 120 valence electrons. The van der Waals surface area contributed by atoms with Crippen LogP contribution in [0, 0.1) is 6.92 Å². The van der Waals surface area contributed by atoms with Gasteiger partial charge in [-0.2, -0.15) is 0 Å². The number of rotatable bonds is 3. The number of hydrogen-bond acceptors (Lipinski definition) is 4. The van der Waals surface area contributed by atoms with Crippen LogP contribution in [0.15, 0.2) is 47.4 Å². The Morgan fingerprint density at radius 3 is 2.52 bits per heavy atom. The first-order chi connectivity index (χ1) is 10.8. The average Bonchev–Trinajstić information content (AvgIpc) is 2.49. The Kier molecular flexibility index (Phi) is 3.73. The summed E-state index contributed by atoms with van der Waals surface area (Å²) in [6.45, 7) is 3.53. The molecule has 23 heavy (non-hydrogen) atoms. The van der Waals surface area contributed by atoms with Crippen LogP contribution in [0.1, 0.15) is 12.5 Å². The van der Waals surface area contributed by atoms with Gasteiger partial charge in [-0.05, 0) is 44.2 Å². The molecule has 1 aliphatic heterocycles. The fourth-order valence-electron chi connectivity index (χ4n) is 2.20. The molecule has 0 spiro atoms. The Morgan fingerprint density at radius 1 is 1.13 bits per heavy atom. The molecular weight excluding hydrogens is 316 g/mol. The summed E-state index contributed by atoms with van der Waals surface area (Å²) < 4.78 is 32.7. The normalized spacial score (nSPS) is 17.0. The number of aryl methyl sites for hydroxylation is 1. The minimum atomic E-state index is -3.68. The molecular formula is C16H16N2O4S. The molecule has 2 aromatic carbocycles. The molecule has 0 bridgehead atoms. The molecule has 6 nitrogen and oxygen atoms in total. The predicted molar refractivity (Wildman–Crippen MR) is 87.1 cm³/mol. The Bertz CT molecular complexity index is 860. The first-order valence-corrected chi connectivity index (χ1v) is 8.54. The molecule has 1 heterocycles. The quantitative estimate of drug-likeness (QED) is 0.904. The topological polar surface area (TPSA) is 84.5 Å². The minimum absolute atomic E-state index is 0.176. The van der Waals surface area contributed by atoms with Crippen LogP contribution < -0.4 is 14.8 Å². The summed E-state index contributed by atoms with van der Waals surface area (Å²) in [6, 6.07) is 11.3. The van der Waals surface area contributed by atoms with Gasteiger partial charge >= 0.3 is 0 Å². The van der Waals surface area contributed by atoms with Gasteiger partial charge in [-0.3, -0.25) is 9.52 Å². The molecule has 0 radical (unpaired) electrons. The van der Waals surface area contributed by atoms with Crippen molar-refractivity contribution < 1.29 is 17.9 Å². The third-order valence-corrected chi connectivity index (χ3v) is 4.89. The van der Waals surface area contributed by atoms with Crippen molar-refractivity contribution in [2.75, 3.05) is 10.0 Å². The number of amides is 1. The fourth-order valence-corrected chi connectivity index (χ4v) is 3.25. The molecule has 1 aliphatic rings. The van der Waals surface area contributed by atoms with Gasteiger partial charge in [-0.15, -0.1) is 0 Å². The first kappa shape index (κ1) is 15.4. The van der Waals surface area contributed by atoms with Crippen LogP contribution in [0.5, 0.6) is 5.75 Å². The highest BCUT2D eigenvalue weighted by Gasteiger charge is 2.24. The lowest BCUT2D eigenvalue weighted by atomic mass is 10.2. The van der Waals surface area contributed by atoms with Gasteiger partial charge in [-0.1, -0.05) is 17.7 Å². The summed E-state index contributed by atoms with van der Waals surface area (Å²) in [5, 5.41) is 2.68. The van der Waals surface area contributed by atoms with Gasteiger partial charge in [0.15, 0.2) is 6.10 Å². The molecule has 3 rings (SSSR count). The van der Waals surface area contributed by atoms with Crippen molar-refractivity contribution in [2.24, 2.45) is 0 Å². The number of fused-ring (bicyclic) bond motifs is 1. The van der Waals surface area contributed by atoms with Crippen molar-refractivity contribution in [2.45, 2.75) is 24.8 Å². The monoisotopic (exact) mass is 332 g/mol. The summed E-state index contributed by atoms with van der Waals surface area (Å²) in [4.78, 5) is 11.8. The fraction of sp³-hybridized carbons (Fsp3) is 0.188. The predicted octanol–water partition coefficient (Wildman–Crippen LogP) is 2.52. The van der Waals surface area contributed by atoms with Gasteiger partial charge in [0.1, 0.15) is 5.75 Å². The van der Waals surface area contributed by atoms with E-state index in [0.717, 1.165) is 5.56 Å². The number of anilines is 2. The van der Waals surface area contributed by atoms with E-state index in [1.165, 1.54) is 6.07 Å². The smallest absolute Gasteiger partial charge is 0.265 e. The highest BCUT2D eigenvalue weighted by atomic mass is 32.2. The minimum Gasteiger partial charge on any atom is -0.479 e. The third kappa shape index (κ3) is 3.14. The maximum Gasteiger partial charge on any atom is 0.265 e. The molecule has 7 heteroatoms. The second-order valence-corrected chi connectivity index (χ2v) is 7.06. The van der Waals surface area contributed by atoms with E-state index in [1.54, 1.807) is 43.3 Å². The van der Waals surface area contributed by atoms with Crippen molar-refractivity contribution in [1.29, 1.82) is 0 Å². The number of benzene rings is 2. The Morgan fingerprint density at radius 2 is 1.83 bits per heavy atom. The van der Waals surface area contributed by atoms with Gasteiger partial charge in [0.2, 0.25) is 0 Å². The van der Waals surface area contributed by atoms with E-state index in [2.05, 4.69) is 10.0 Å². The average molecular weight is 332 g/mol. The largest absolute Gasteiger partial charge is 0.479 e. The Hall–Kier alpha value is -2.54. The molecule has 0 saturated carbocycles. The molecule has 1 atom stereocenters. The second kappa shape index (κ2) is 5.58. The SMILES string of the molecule is Cc1ccc(S(=O)(=O)Nc2ccc3c(c2)NC(=O)[C@@H](C)O3)cc1. The van der Waals surface area contributed by atoms with Crippen LogP contribution in [0.2, 0.25) is 0 Å². The summed E-state index contributed by atoms with van der Waals surface area (Å²) >= 11 is 0. The van der Waals surface area contributed by atoms with Crippen LogP contribution >= 0.6 is 0 Å². The standard InChI is InChI=1S/C16H16N2O4S/c1-10-3-6-13(7-4-10)23(20,21)18-12-5-8-15-14(9-12)17-16(19)11(2)22-15/h3-9,11,18H,1-2H3,(H,17,19)/t11-/m1/s1. The van der Waals surface area contributed by atoms with E-state index in [9.17, 15) is 13.2 Å². The van der Waals surface area contributed by atoms with E-state index in [-0.39, 0.29) is 10.8 Å². The lowest BCUT2D eigenvalue weighted by Crippen LogP contribution is -2.34. The van der Waals surface area contributed by atoms with Crippen molar-refractivity contribution in [3.63, 3.8) is 0 Å². The maximum atomic E-state index is 12.4. The Balaban J connectivity index is 1.87. The zero-order valence-corrected chi connectivity index (χ0v) is 13.5. The van der Waals surface area contributed by atoms with Crippen molar-refractivity contribution in [1.82, 2.24) is 0 Å². The summed E-state index contributed by atoms with van der Waals surface area (Å²) in [6.07, 6.45) is -0.572. The van der Waals surface area contributed by atoms with Gasteiger partial charge < -0.3 is 10.1 Å². The number of ether oxygens (including phenoxy) is 1. The van der Waals surface area contributed by atoms with Gasteiger partial charge in [-0.25, -0.2) is 8.42 Å². The summed E-state index contributed by atoms with van der Waals surface area (Å²) in [5.74, 6) is 0.242. The molecule has 0 aromatic heterocycles. The van der Waals surface area contributed by atoms with E-state index in [0.29, 0.717) is 17.1 Å². The first-order valence-electron chi connectivity index (χ1n) is 7.06. The van der Waals surface area contributed by atoms with Gasteiger partial charge in [0.05, 0.1) is 16.3 Å². The molecule has 0 saturated heterocycles. The number of carbonyl (C=O) groups excluding carboxylic acids is 1. The zero-order chi connectivity index (χ0) is 16.6. The summed E-state index contributed by atoms with van der Waals surface area (Å²) in [7, 11) is -3.68. The second-order valence-electron chi connectivity index (χ2n) is 5.38. The molecule has 0 fully saturated rings. The lowest BCUT2D eigenvalue weighted by Gasteiger charge is -2.23. The molecule has 0 aliphatic carbocycles. The highest BCUT2D eigenvalue weighted by molar-refractivity contribution is 7.92. The van der Waals surface area contributed by atoms with Crippen LogP contribution in [0.25, 0.3) is 0 Å². The number of nitrogens with one attached hydrogen (secondary N) is 2. The van der Waals surface area contributed by atoms with E-state index in [1.807, 2.05) is 6.92 Å². The number of carbonyl (C=O) groups is 1. The summed E-state index contributed by atoms with van der Waals surface area (Å²) in [5.41, 5.74) is 1.77. The van der Waals surface area contributed by atoms with Crippen molar-refractivity contribution in [3.8, 4) is 5.75 Å². The number of hydrogen-bond donors (Lipinski definition) is 2. The van der Waals surface area contributed by atoms with Crippen LogP contribution in [0.3, 0.4) is 0 Å². The van der Waals surface area contributed by atoms with Crippen LogP contribution in [-0.4, -0.2) is 20.4 Å². The number of sulfonamides is 1. The molecule has 1 amide bonds. The zero-order valence-electron chi connectivity index (χ0n) is 12.7. The van der Waals surface area contributed by atoms with Crippen molar-refractivity contribution in [3.05, 3.63) is 48.0 Å². The van der Waals surface area contributed by atoms with E-state index in [4.69, 9.17) is 4.74 Å². The van der Waals surface area contributed by atoms with Crippen molar-refractivity contribution >= 4 is 27.3 Å².